The Labute approximate surface area is 96.0 Å². The van der Waals surface area contributed by atoms with Crippen molar-refractivity contribution in [1.29, 1.82) is 0 Å². The minimum Gasteiger partial charge on any atom is -0.469 e. The monoisotopic (exact) mass is 222 g/mol. The smallest absolute Gasteiger partial charge is 0.305 e. The topological polar surface area (TPSA) is 51.2 Å². The molecule has 0 bridgehead atoms. The number of hydrogen-bond donors (Lipinski definition) is 1. The van der Waals surface area contributed by atoms with Crippen molar-refractivity contribution in [2.24, 2.45) is 0 Å². The number of nitrogens with one attached hydrogen (secondary N) is 1. The van der Waals surface area contributed by atoms with Crippen molar-refractivity contribution in [3.05, 3.63) is 24.4 Å². The van der Waals surface area contributed by atoms with Crippen LogP contribution in [0.2, 0.25) is 0 Å². The van der Waals surface area contributed by atoms with Gasteiger partial charge in [-0.2, -0.15) is 0 Å². The molecule has 1 aromatic heterocycles. The third-order valence-corrected chi connectivity index (χ3v) is 2.26. The molecule has 0 aliphatic heterocycles. The maximum atomic E-state index is 10.8. The Hall–Kier alpha value is -1.58. The van der Waals surface area contributed by atoms with Crippen LogP contribution in [0.3, 0.4) is 0 Å². The molecule has 0 radical (unpaired) electrons. The number of esters is 1. The molecule has 0 aromatic carbocycles. The fourth-order valence-corrected chi connectivity index (χ4v) is 1.36. The highest BCUT2D eigenvalue weighted by atomic mass is 16.5. The highest BCUT2D eigenvalue weighted by Gasteiger charge is 1.98. The van der Waals surface area contributed by atoms with Crippen LogP contribution in [-0.2, 0) is 9.53 Å². The van der Waals surface area contributed by atoms with Crippen LogP contribution in [0.25, 0.3) is 0 Å². The van der Waals surface area contributed by atoms with Gasteiger partial charge in [-0.15, -0.1) is 0 Å². The van der Waals surface area contributed by atoms with E-state index < -0.39 is 0 Å². The molecule has 4 heteroatoms. The molecule has 0 spiro atoms. The van der Waals surface area contributed by atoms with Crippen LogP contribution in [0.1, 0.15) is 25.7 Å². The zero-order valence-corrected chi connectivity index (χ0v) is 9.61. The third kappa shape index (κ3) is 5.34. The molecule has 0 atom stereocenters. The molecule has 0 fully saturated rings. The van der Waals surface area contributed by atoms with E-state index in [0.29, 0.717) is 6.42 Å². The first-order valence-electron chi connectivity index (χ1n) is 5.54. The first-order valence-corrected chi connectivity index (χ1v) is 5.54. The summed E-state index contributed by atoms with van der Waals surface area (Å²) in [5.41, 5.74) is 0. The number of unbranched alkanes of at least 4 members (excludes halogenated alkanes) is 2. The number of methoxy groups -OCH3 is 1. The molecule has 0 aliphatic rings. The molecule has 1 N–H and O–H groups in total. The second-order valence-electron chi connectivity index (χ2n) is 3.53. The van der Waals surface area contributed by atoms with E-state index in [1.165, 1.54) is 7.11 Å². The van der Waals surface area contributed by atoms with E-state index in [4.69, 9.17) is 0 Å². The lowest BCUT2D eigenvalue weighted by Gasteiger charge is -2.04. The number of ether oxygens (including phenoxy) is 1. The minimum absolute atomic E-state index is 0.127. The zero-order valence-electron chi connectivity index (χ0n) is 9.61. The van der Waals surface area contributed by atoms with Crippen molar-refractivity contribution in [3.63, 3.8) is 0 Å². The van der Waals surface area contributed by atoms with E-state index in [9.17, 15) is 4.79 Å². The van der Waals surface area contributed by atoms with E-state index in [0.717, 1.165) is 31.6 Å². The number of anilines is 1. The highest BCUT2D eigenvalue weighted by Crippen LogP contribution is 2.03. The molecular formula is C12H18N2O2. The summed E-state index contributed by atoms with van der Waals surface area (Å²) in [5.74, 6) is 0.771. The van der Waals surface area contributed by atoms with Crippen LogP contribution in [-0.4, -0.2) is 24.6 Å². The average Bonchev–Trinajstić information content (AvgIpc) is 2.34. The first kappa shape index (κ1) is 12.5. The molecule has 0 saturated heterocycles. The summed E-state index contributed by atoms with van der Waals surface area (Å²) in [4.78, 5) is 15.0. The fraction of sp³-hybridized carbons (Fsp3) is 0.500. The van der Waals surface area contributed by atoms with Gasteiger partial charge in [-0.05, 0) is 25.0 Å². The van der Waals surface area contributed by atoms with Gasteiger partial charge in [0.15, 0.2) is 0 Å². The van der Waals surface area contributed by atoms with Crippen molar-refractivity contribution in [3.8, 4) is 0 Å². The second kappa shape index (κ2) is 7.68. The lowest BCUT2D eigenvalue weighted by molar-refractivity contribution is -0.140. The van der Waals surface area contributed by atoms with Crippen LogP contribution in [0.4, 0.5) is 5.82 Å². The Morgan fingerprint density at radius 1 is 1.38 bits per heavy atom. The molecule has 0 amide bonds. The quantitative estimate of drug-likeness (QED) is 0.567. The van der Waals surface area contributed by atoms with Crippen LogP contribution in [0.15, 0.2) is 24.4 Å². The number of aromatic nitrogens is 1. The molecule has 1 aromatic rings. The molecule has 16 heavy (non-hydrogen) atoms. The molecule has 88 valence electrons. The Kier molecular flexibility index (Phi) is 5.99. The Balaban J connectivity index is 1.98. The number of carbonyl (C=O) groups is 1. The van der Waals surface area contributed by atoms with Gasteiger partial charge in [0.2, 0.25) is 0 Å². The van der Waals surface area contributed by atoms with Crippen molar-refractivity contribution in [1.82, 2.24) is 4.98 Å². The first-order chi connectivity index (χ1) is 7.83. The summed E-state index contributed by atoms with van der Waals surface area (Å²) in [6, 6.07) is 5.78. The summed E-state index contributed by atoms with van der Waals surface area (Å²) in [6.07, 6.45) is 5.22. The van der Waals surface area contributed by atoms with Gasteiger partial charge in [0.25, 0.3) is 0 Å². The SMILES string of the molecule is COC(=O)CCCCCNc1ccccn1. The summed E-state index contributed by atoms with van der Waals surface area (Å²) < 4.78 is 4.56. The van der Waals surface area contributed by atoms with Crippen molar-refractivity contribution < 1.29 is 9.53 Å². The third-order valence-electron chi connectivity index (χ3n) is 2.26. The normalized spacial score (nSPS) is 9.81. The van der Waals surface area contributed by atoms with Crippen LogP contribution >= 0.6 is 0 Å². The van der Waals surface area contributed by atoms with E-state index in [1.54, 1.807) is 6.20 Å². The number of nitrogens with zero attached hydrogens (tertiary/aromatic N) is 1. The van der Waals surface area contributed by atoms with Gasteiger partial charge in [0, 0.05) is 19.2 Å². The Bertz CT molecular complexity index is 301. The number of carbonyl (C=O) groups excluding carboxylic acids is 1. The molecular weight excluding hydrogens is 204 g/mol. The van der Waals surface area contributed by atoms with Crippen LogP contribution in [0.5, 0.6) is 0 Å². The highest BCUT2D eigenvalue weighted by molar-refractivity contribution is 5.68. The van der Waals surface area contributed by atoms with Gasteiger partial charge >= 0.3 is 5.97 Å². The molecule has 1 heterocycles. The van der Waals surface area contributed by atoms with Gasteiger partial charge in [-0.25, -0.2) is 4.98 Å². The summed E-state index contributed by atoms with van der Waals surface area (Å²) in [5, 5.41) is 3.22. The summed E-state index contributed by atoms with van der Waals surface area (Å²) in [7, 11) is 1.42. The Morgan fingerprint density at radius 3 is 2.94 bits per heavy atom. The van der Waals surface area contributed by atoms with Crippen LogP contribution < -0.4 is 5.32 Å². The zero-order chi connectivity index (χ0) is 11.6. The maximum absolute atomic E-state index is 10.8. The Morgan fingerprint density at radius 2 is 2.25 bits per heavy atom. The predicted molar refractivity (Wildman–Crippen MR) is 63.2 cm³/mol. The molecule has 0 unspecified atom stereocenters. The number of hydrogen-bond acceptors (Lipinski definition) is 4. The van der Waals surface area contributed by atoms with Gasteiger partial charge in [-0.3, -0.25) is 4.79 Å². The summed E-state index contributed by atoms with van der Waals surface area (Å²) in [6.45, 7) is 0.887. The van der Waals surface area contributed by atoms with Crippen molar-refractivity contribution in [2.45, 2.75) is 25.7 Å². The van der Waals surface area contributed by atoms with Crippen molar-refractivity contribution in [2.75, 3.05) is 19.0 Å². The average molecular weight is 222 g/mol. The maximum Gasteiger partial charge on any atom is 0.305 e. The minimum atomic E-state index is -0.127. The largest absolute Gasteiger partial charge is 0.469 e. The molecule has 1 rings (SSSR count). The van der Waals surface area contributed by atoms with Crippen LogP contribution in [0, 0.1) is 0 Å². The fourth-order valence-electron chi connectivity index (χ4n) is 1.36. The van der Waals surface area contributed by atoms with E-state index in [-0.39, 0.29) is 5.97 Å². The van der Waals surface area contributed by atoms with Gasteiger partial charge in [-0.1, -0.05) is 12.5 Å². The van der Waals surface area contributed by atoms with E-state index in [1.807, 2.05) is 18.2 Å². The molecule has 0 aliphatic carbocycles. The van der Waals surface area contributed by atoms with E-state index >= 15 is 0 Å². The second-order valence-corrected chi connectivity index (χ2v) is 3.53. The number of rotatable bonds is 7. The van der Waals surface area contributed by atoms with Gasteiger partial charge in [0.1, 0.15) is 5.82 Å². The number of pyridine rings is 1. The van der Waals surface area contributed by atoms with Gasteiger partial charge < -0.3 is 10.1 Å². The standard InChI is InChI=1S/C12H18N2O2/c1-16-12(15)8-3-2-5-9-13-11-7-4-6-10-14-11/h4,6-7,10H,2-3,5,8-9H2,1H3,(H,13,14). The lowest BCUT2D eigenvalue weighted by Crippen LogP contribution is -2.04. The lowest BCUT2D eigenvalue weighted by atomic mass is 10.2. The van der Waals surface area contributed by atoms with E-state index in [2.05, 4.69) is 15.0 Å². The van der Waals surface area contributed by atoms with Gasteiger partial charge in [0.05, 0.1) is 7.11 Å². The molecule has 4 nitrogen and oxygen atoms in total. The van der Waals surface area contributed by atoms with Crippen molar-refractivity contribution >= 4 is 11.8 Å². The molecule has 0 saturated carbocycles. The summed E-state index contributed by atoms with van der Waals surface area (Å²) >= 11 is 0. The predicted octanol–water partition coefficient (Wildman–Crippen LogP) is 2.23.